The summed E-state index contributed by atoms with van der Waals surface area (Å²) < 4.78 is 10.1. The molecule has 0 bridgehead atoms. The highest BCUT2D eigenvalue weighted by Gasteiger charge is 2.25. The van der Waals surface area contributed by atoms with Crippen molar-refractivity contribution in [1.82, 2.24) is 5.32 Å². The van der Waals surface area contributed by atoms with Crippen LogP contribution in [0.15, 0.2) is 36.4 Å². The molecule has 20 heavy (non-hydrogen) atoms. The fourth-order valence-corrected chi connectivity index (χ4v) is 2.43. The van der Waals surface area contributed by atoms with Gasteiger partial charge >= 0.3 is 5.97 Å². The lowest BCUT2D eigenvalue weighted by Crippen LogP contribution is -2.32. The van der Waals surface area contributed by atoms with E-state index < -0.39 is 0 Å². The van der Waals surface area contributed by atoms with Crippen molar-refractivity contribution in [3.05, 3.63) is 42.0 Å². The normalized spacial score (nSPS) is 18.2. The van der Waals surface area contributed by atoms with Gasteiger partial charge in [-0.25, -0.2) is 0 Å². The zero-order valence-electron chi connectivity index (χ0n) is 11.4. The van der Waals surface area contributed by atoms with Gasteiger partial charge in [-0.15, -0.1) is 0 Å². The molecule has 0 amide bonds. The lowest BCUT2D eigenvalue weighted by atomic mass is 10.1. The molecule has 0 saturated carbocycles. The average Bonchev–Trinajstić information content (AvgIpc) is 2.89. The molecule has 3 rings (SSSR count). The van der Waals surface area contributed by atoms with Crippen molar-refractivity contribution in [3.8, 4) is 5.75 Å². The van der Waals surface area contributed by atoms with Gasteiger partial charge in [0, 0.05) is 13.0 Å². The summed E-state index contributed by atoms with van der Waals surface area (Å²) in [6.07, 6.45) is 0.754. The summed E-state index contributed by atoms with van der Waals surface area (Å²) in [6.45, 7) is 1.19. The van der Waals surface area contributed by atoms with Crippen LogP contribution in [0.5, 0.6) is 5.75 Å². The number of ether oxygens (including phenoxy) is 2. The first-order chi connectivity index (χ1) is 9.76. The lowest BCUT2D eigenvalue weighted by Gasteiger charge is -2.10. The molecule has 1 unspecified atom stereocenters. The van der Waals surface area contributed by atoms with E-state index in [9.17, 15) is 4.79 Å². The molecule has 4 nitrogen and oxygen atoms in total. The number of hydrogen-bond donors (Lipinski definition) is 1. The van der Waals surface area contributed by atoms with Gasteiger partial charge in [0.25, 0.3) is 0 Å². The second kappa shape index (κ2) is 5.51. The molecule has 1 N–H and O–H groups in total. The largest absolute Gasteiger partial charge is 0.497 e. The molecule has 1 fully saturated rings. The number of methoxy groups -OCH3 is 1. The average molecular weight is 271 g/mol. The van der Waals surface area contributed by atoms with E-state index >= 15 is 0 Å². The van der Waals surface area contributed by atoms with Crippen LogP contribution in [0.3, 0.4) is 0 Å². The molecule has 0 aromatic heterocycles. The molecule has 1 atom stereocenters. The number of carbonyl (C=O) groups excluding carboxylic acids is 1. The zero-order chi connectivity index (χ0) is 13.9. The summed E-state index contributed by atoms with van der Waals surface area (Å²) in [4.78, 5) is 11.4. The molecule has 2 aromatic carbocycles. The highest BCUT2D eigenvalue weighted by atomic mass is 16.5. The van der Waals surface area contributed by atoms with Crippen molar-refractivity contribution < 1.29 is 14.3 Å². The van der Waals surface area contributed by atoms with Crippen molar-refractivity contribution in [2.24, 2.45) is 0 Å². The van der Waals surface area contributed by atoms with E-state index in [0.717, 1.165) is 23.1 Å². The van der Waals surface area contributed by atoms with Crippen LogP contribution in [0.25, 0.3) is 10.8 Å². The standard InChI is InChI=1S/C16H17NO3/c1-19-14-5-4-12-8-11(2-3-13(12)9-14)10-17-15-6-7-20-16(15)18/h2-5,8-9,15,17H,6-7,10H2,1H3. The molecule has 104 valence electrons. The fraction of sp³-hybridized carbons (Fsp3) is 0.312. The quantitative estimate of drug-likeness (QED) is 0.866. The second-order valence-electron chi connectivity index (χ2n) is 4.94. The van der Waals surface area contributed by atoms with Crippen LogP contribution in [0, 0.1) is 0 Å². The van der Waals surface area contributed by atoms with Gasteiger partial charge in [0.2, 0.25) is 0 Å². The molecule has 2 aromatic rings. The van der Waals surface area contributed by atoms with Gasteiger partial charge < -0.3 is 14.8 Å². The molecule has 1 heterocycles. The van der Waals surface area contributed by atoms with Gasteiger partial charge in [0.1, 0.15) is 11.8 Å². The van der Waals surface area contributed by atoms with Crippen molar-refractivity contribution in [3.63, 3.8) is 0 Å². The van der Waals surface area contributed by atoms with Crippen LogP contribution in [0.4, 0.5) is 0 Å². The molecule has 0 aliphatic carbocycles. The van der Waals surface area contributed by atoms with Crippen LogP contribution in [0.1, 0.15) is 12.0 Å². The van der Waals surface area contributed by atoms with E-state index in [1.807, 2.05) is 18.2 Å². The molecule has 4 heteroatoms. The predicted molar refractivity (Wildman–Crippen MR) is 76.7 cm³/mol. The van der Waals surface area contributed by atoms with Gasteiger partial charge in [-0.3, -0.25) is 4.79 Å². The summed E-state index contributed by atoms with van der Waals surface area (Å²) in [5.74, 6) is 0.715. The Morgan fingerprint density at radius 3 is 2.80 bits per heavy atom. The Morgan fingerprint density at radius 1 is 1.25 bits per heavy atom. The Bertz CT molecular complexity index is 639. The number of cyclic esters (lactones) is 1. The Hall–Kier alpha value is -2.07. The topological polar surface area (TPSA) is 47.6 Å². The van der Waals surface area contributed by atoms with Crippen LogP contribution in [-0.2, 0) is 16.1 Å². The predicted octanol–water partition coefficient (Wildman–Crippen LogP) is 2.25. The monoisotopic (exact) mass is 271 g/mol. The summed E-state index contributed by atoms with van der Waals surface area (Å²) in [5.41, 5.74) is 1.15. The van der Waals surface area contributed by atoms with Gasteiger partial charge in [-0.2, -0.15) is 0 Å². The molecular weight excluding hydrogens is 254 g/mol. The lowest BCUT2D eigenvalue weighted by molar-refractivity contribution is -0.139. The van der Waals surface area contributed by atoms with Crippen LogP contribution in [-0.4, -0.2) is 25.7 Å². The molecular formula is C16H17NO3. The Kier molecular flexibility index (Phi) is 3.56. The Labute approximate surface area is 117 Å². The van der Waals surface area contributed by atoms with E-state index in [1.54, 1.807) is 7.11 Å². The van der Waals surface area contributed by atoms with Gasteiger partial charge in [-0.1, -0.05) is 18.2 Å². The Balaban J connectivity index is 1.74. The third-order valence-electron chi connectivity index (χ3n) is 3.60. The van der Waals surface area contributed by atoms with Crippen molar-refractivity contribution in [2.45, 2.75) is 19.0 Å². The summed E-state index contributed by atoms with van der Waals surface area (Å²) in [7, 11) is 1.67. The summed E-state index contributed by atoms with van der Waals surface area (Å²) >= 11 is 0. The number of esters is 1. The minimum absolute atomic E-state index is 0.143. The molecule has 0 spiro atoms. The zero-order valence-corrected chi connectivity index (χ0v) is 11.4. The van der Waals surface area contributed by atoms with Gasteiger partial charge in [0.15, 0.2) is 0 Å². The van der Waals surface area contributed by atoms with E-state index in [2.05, 4.69) is 23.5 Å². The SMILES string of the molecule is COc1ccc2cc(CNC3CCOC3=O)ccc2c1. The highest BCUT2D eigenvalue weighted by molar-refractivity contribution is 5.84. The number of fused-ring (bicyclic) bond motifs is 1. The summed E-state index contributed by atoms with van der Waals surface area (Å²) in [6, 6.07) is 12.1. The van der Waals surface area contributed by atoms with Gasteiger partial charge in [0.05, 0.1) is 13.7 Å². The maximum absolute atomic E-state index is 11.4. The van der Waals surface area contributed by atoms with E-state index in [0.29, 0.717) is 13.2 Å². The van der Waals surface area contributed by atoms with E-state index in [4.69, 9.17) is 9.47 Å². The molecule has 1 aliphatic heterocycles. The van der Waals surface area contributed by atoms with E-state index in [1.165, 1.54) is 5.39 Å². The number of benzene rings is 2. The van der Waals surface area contributed by atoms with Gasteiger partial charge in [-0.05, 0) is 34.5 Å². The van der Waals surface area contributed by atoms with Crippen molar-refractivity contribution >= 4 is 16.7 Å². The minimum Gasteiger partial charge on any atom is -0.497 e. The van der Waals surface area contributed by atoms with Crippen LogP contribution >= 0.6 is 0 Å². The highest BCUT2D eigenvalue weighted by Crippen LogP contribution is 2.22. The van der Waals surface area contributed by atoms with Crippen LogP contribution < -0.4 is 10.1 Å². The Morgan fingerprint density at radius 2 is 2.05 bits per heavy atom. The van der Waals surface area contributed by atoms with Crippen LogP contribution in [0.2, 0.25) is 0 Å². The number of hydrogen-bond acceptors (Lipinski definition) is 4. The second-order valence-corrected chi connectivity index (χ2v) is 4.94. The third-order valence-corrected chi connectivity index (χ3v) is 3.60. The third kappa shape index (κ3) is 2.60. The smallest absolute Gasteiger partial charge is 0.323 e. The van der Waals surface area contributed by atoms with Crippen molar-refractivity contribution in [2.75, 3.05) is 13.7 Å². The first-order valence-corrected chi connectivity index (χ1v) is 6.73. The minimum atomic E-state index is -0.165. The maximum Gasteiger partial charge on any atom is 0.323 e. The van der Waals surface area contributed by atoms with Crippen molar-refractivity contribution in [1.29, 1.82) is 0 Å². The summed E-state index contributed by atoms with van der Waals surface area (Å²) in [5, 5.41) is 5.55. The fourth-order valence-electron chi connectivity index (χ4n) is 2.43. The molecule has 1 saturated heterocycles. The van der Waals surface area contributed by atoms with E-state index in [-0.39, 0.29) is 12.0 Å². The molecule has 0 radical (unpaired) electrons. The number of nitrogens with one attached hydrogen (secondary N) is 1. The first-order valence-electron chi connectivity index (χ1n) is 6.73. The number of rotatable bonds is 4. The molecule has 1 aliphatic rings. The maximum atomic E-state index is 11.4. The first kappa shape index (κ1) is 12.9. The number of carbonyl (C=O) groups is 1.